The Balaban J connectivity index is 1.42. The molecule has 1 aliphatic heterocycles. The Morgan fingerprint density at radius 1 is 0.947 bits per heavy atom. The molecule has 1 aromatic heterocycles. The quantitative estimate of drug-likeness (QED) is 0.279. The SMILES string of the molecule is O=C(N[C@H](CC(=O)N1Cc2ccccc2C1)C(=O)N[C@@H](CCCc1ccccc1)B(O)O)c1cnccn1. The van der Waals surface area contributed by atoms with Crippen LogP contribution in [0, 0.1) is 0 Å². The summed E-state index contributed by atoms with van der Waals surface area (Å²) < 4.78 is 0. The molecule has 2 atom stereocenters. The van der Waals surface area contributed by atoms with E-state index < -0.39 is 30.9 Å². The van der Waals surface area contributed by atoms with E-state index in [0.717, 1.165) is 16.7 Å². The van der Waals surface area contributed by atoms with Gasteiger partial charge in [-0.1, -0.05) is 54.6 Å². The van der Waals surface area contributed by atoms with Crippen LogP contribution >= 0.6 is 0 Å². The second-order valence-electron chi connectivity index (χ2n) is 9.25. The third-order valence-corrected chi connectivity index (χ3v) is 6.50. The number of amides is 3. The molecule has 0 unspecified atom stereocenters. The smallest absolute Gasteiger partial charge is 0.426 e. The van der Waals surface area contributed by atoms with Crippen molar-refractivity contribution in [2.24, 2.45) is 0 Å². The zero-order valence-electron chi connectivity index (χ0n) is 20.9. The number of nitrogens with one attached hydrogen (secondary N) is 2. The molecule has 2 heterocycles. The van der Waals surface area contributed by atoms with Gasteiger partial charge in [0.05, 0.1) is 18.6 Å². The van der Waals surface area contributed by atoms with Crippen LogP contribution in [0.25, 0.3) is 0 Å². The first kappa shape index (κ1) is 27.0. The van der Waals surface area contributed by atoms with Crippen LogP contribution in [0.4, 0.5) is 0 Å². The molecule has 0 saturated carbocycles. The molecule has 0 saturated heterocycles. The van der Waals surface area contributed by atoms with Gasteiger partial charge in [-0.05, 0) is 36.0 Å². The Bertz CT molecular complexity index is 1220. The number of benzene rings is 2. The highest BCUT2D eigenvalue weighted by Gasteiger charge is 2.33. The molecule has 0 fully saturated rings. The third kappa shape index (κ3) is 7.24. The van der Waals surface area contributed by atoms with Crippen LogP contribution in [0.1, 0.15) is 46.4 Å². The number of nitrogens with zero attached hydrogens (tertiary/aromatic N) is 3. The van der Waals surface area contributed by atoms with Gasteiger partial charge in [0.1, 0.15) is 11.7 Å². The second-order valence-corrected chi connectivity index (χ2v) is 9.25. The Morgan fingerprint density at radius 3 is 2.26 bits per heavy atom. The summed E-state index contributed by atoms with van der Waals surface area (Å²) in [6.07, 6.45) is 5.30. The van der Waals surface area contributed by atoms with Crippen LogP contribution in [0.5, 0.6) is 0 Å². The molecular weight excluding hydrogens is 485 g/mol. The number of aryl methyl sites for hydroxylation is 1. The van der Waals surface area contributed by atoms with Crippen LogP contribution in [0.15, 0.2) is 73.2 Å². The van der Waals surface area contributed by atoms with Gasteiger partial charge in [-0.25, -0.2) is 4.98 Å². The molecule has 0 radical (unpaired) electrons. The fraction of sp³-hybridized carbons (Fsp3) is 0.296. The van der Waals surface area contributed by atoms with Gasteiger partial charge < -0.3 is 25.6 Å². The molecule has 4 N–H and O–H groups in total. The summed E-state index contributed by atoms with van der Waals surface area (Å²) in [5, 5.41) is 25.0. The molecule has 1 aliphatic rings. The molecule has 3 amide bonds. The van der Waals surface area contributed by atoms with E-state index in [-0.39, 0.29) is 18.0 Å². The number of carbonyl (C=O) groups is 3. The minimum atomic E-state index is -1.81. The minimum Gasteiger partial charge on any atom is -0.426 e. The Hall–Kier alpha value is -4.09. The highest BCUT2D eigenvalue weighted by molar-refractivity contribution is 6.43. The van der Waals surface area contributed by atoms with Gasteiger partial charge in [-0.15, -0.1) is 0 Å². The van der Waals surface area contributed by atoms with E-state index in [0.29, 0.717) is 32.4 Å². The van der Waals surface area contributed by atoms with E-state index in [2.05, 4.69) is 20.6 Å². The van der Waals surface area contributed by atoms with Crippen molar-refractivity contribution in [2.75, 3.05) is 0 Å². The van der Waals surface area contributed by atoms with Crippen molar-refractivity contribution in [3.63, 3.8) is 0 Å². The van der Waals surface area contributed by atoms with Crippen molar-refractivity contribution in [1.82, 2.24) is 25.5 Å². The molecule has 0 aliphatic carbocycles. The lowest BCUT2D eigenvalue weighted by Crippen LogP contribution is -2.55. The van der Waals surface area contributed by atoms with Crippen molar-refractivity contribution in [2.45, 2.75) is 50.8 Å². The average molecular weight is 515 g/mol. The van der Waals surface area contributed by atoms with Crippen molar-refractivity contribution in [1.29, 1.82) is 0 Å². The maximum absolute atomic E-state index is 13.3. The van der Waals surface area contributed by atoms with E-state index in [9.17, 15) is 24.4 Å². The van der Waals surface area contributed by atoms with E-state index in [1.54, 1.807) is 4.90 Å². The van der Waals surface area contributed by atoms with E-state index in [4.69, 9.17) is 0 Å². The van der Waals surface area contributed by atoms with E-state index in [1.807, 2.05) is 54.6 Å². The van der Waals surface area contributed by atoms with Crippen LogP contribution in [0.2, 0.25) is 0 Å². The van der Waals surface area contributed by atoms with Crippen molar-refractivity contribution in [3.8, 4) is 0 Å². The van der Waals surface area contributed by atoms with Gasteiger partial charge >= 0.3 is 7.12 Å². The summed E-state index contributed by atoms with van der Waals surface area (Å²) in [4.78, 5) is 48.7. The lowest BCUT2D eigenvalue weighted by molar-refractivity contribution is -0.135. The first-order chi connectivity index (χ1) is 18.4. The topological polar surface area (TPSA) is 145 Å². The van der Waals surface area contributed by atoms with Gasteiger partial charge in [-0.3, -0.25) is 19.4 Å². The highest BCUT2D eigenvalue weighted by Crippen LogP contribution is 2.23. The van der Waals surface area contributed by atoms with E-state index >= 15 is 0 Å². The lowest BCUT2D eigenvalue weighted by atomic mass is 9.76. The zero-order chi connectivity index (χ0) is 26.9. The Kier molecular flexibility index (Phi) is 9.18. The third-order valence-electron chi connectivity index (χ3n) is 6.50. The number of hydrogen-bond donors (Lipinski definition) is 4. The summed E-state index contributed by atoms with van der Waals surface area (Å²) in [5.41, 5.74) is 3.16. The summed E-state index contributed by atoms with van der Waals surface area (Å²) in [5.74, 6) is -2.65. The number of fused-ring (bicyclic) bond motifs is 1. The Morgan fingerprint density at radius 2 is 1.63 bits per heavy atom. The van der Waals surface area contributed by atoms with Gasteiger partial charge in [0.2, 0.25) is 11.8 Å². The molecule has 10 nitrogen and oxygen atoms in total. The summed E-state index contributed by atoms with van der Waals surface area (Å²) >= 11 is 0. The predicted molar refractivity (Wildman–Crippen MR) is 140 cm³/mol. The largest absolute Gasteiger partial charge is 0.475 e. The van der Waals surface area contributed by atoms with Gasteiger partial charge in [0.25, 0.3) is 5.91 Å². The van der Waals surface area contributed by atoms with Crippen molar-refractivity contribution in [3.05, 3.63) is 95.6 Å². The minimum absolute atomic E-state index is 0.00655. The molecule has 38 heavy (non-hydrogen) atoms. The van der Waals surface area contributed by atoms with Crippen molar-refractivity contribution < 1.29 is 24.4 Å². The number of rotatable bonds is 11. The molecule has 0 bridgehead atoms. The molecule has 196 valence electrons. The van der Waals surface area contributed by atoms with E-state index in [1.165, 1.54) is 18.6 Å². The standard InChI is InChI=1S/C27H30BN5O5/c34-25(33-17-20-10-4-5-11-21(20)18-33)15-22(31-27(36)23-16-29-13-14-30-23)26(35)32-24(28(37)38)12-6-9-19-7-2-1-3-8-19/h1-5,7-8,10-11,13-14,16,22,24,37-38H,6,9,12,15,17-18H2,(H,31,36)(H,32,35)/t22-,24+/m1/s1. The average Bonchev–Trinajstić information content (AvgIpc) is 3.37. The first-order valence-corrected chi connectivity index (χ1v) is 12.5. The predicted octanol–water partition coefficient (Wildman–Crippen LogP) is 1.03. The fourth-order valence-electron chi connectivity index (χ4n) is 4.42. The second kappa shape index (κ2) is 12.9. The van der Waals surface area contributed by atoms with Crippen LogP contribution in [0.3, 0.4) is 0 Å². The number of aromatic nitrogens is 2. The van der Waals surface area contributed by atoms with Crippen LogP contribution in [-0.2, 0) is 29.1 Å². The van der Waals surface area contributed by atoms with Crippen LogP contribution in [-0.4, -0.2) is 61.7 Å². The molecular formula is C27H30BN5O5. The summed E-state index contributed by atoms with van der Waals surface area (Å²) in [7, 11) is -1.81. The van der Waals surface area contributed by atoms with Gasteiger partial charge in [0.15, 0.2) is 0 Å². The normalized spacial score (nSPS) is 13.8. The van der Waals surface area contributed by atoms with Gasteiger partial charge in [0, 0.05) is 25.5 Å². The lowest BCUT2D eigenvalue weighted by Gasteiger charge is -2.24. The van der Waals surface area contributed by atoms with Crippen LogP contribution < -0.4 is 10.6 Å². The first-order valence-electron chi connectivity index (χ1n) is 12.5. The number of hydrogen-bond acceptors (Lipinski definition) is 7. The van der Waals surface area contributed by atoms with Crippen molar-refractivity contribution >= 4 is 24.8 Å². The summed E-state index contributed by atoms with van der Waals surface area (Å²) in [6.45, 7) is 0.831. The fourth-order valence-corrected chi connectivity index (χ4v) is 4.42. The summed E-state index contributed by atoms with van der Waals surface area (Å²) in [6, 6.07) is 16.2. The molecule has 0 spiro atoms. The maximum Gasteiger partial charge on any atom is 0.475 e. The zero-order valence-corrected chi connectivity index (χ0v) is 20.9. The van der Waals surface area contributed by atoms with Gasteiger partial charge in [-0.2, -0.15) is 0 Å². The maximum atomic E-state index is 13.3. The molecule has 11 heteroatoms. The monoisotopic (exact) mass is 515 g/mol. The molecule has 2 aromatic carbocycles. The number of carbonyl (C=O) groups excluding carboxylic acids is 3. The highest BCUT2D eigenvalue weighted by atomic mass is 16.4. The molecule has 4 rings (SSSR count). The molecule has 3 aromatic rings. The Labute approximate surface area is 221 Å².